The summed E-state index contributed by atoms with van der Waals surface area (Å²) in [7, 11) is 3.33. The van der Waals surface area contributed by atoms with Gasteiger partial charge < -0.3 is 15.2 Å². The summed E-state index contributed by atoms with van der Waals surface area (Å²) in [6.45, 7) is 1.23. The van der Waals surface area contributed by atoms with E-state index in [1.165, 1.54) is 0 Å². The van der Waals surface area contributed by atoms with Crippen molar-refractivity contribution < 1.29 is 9.47 Å². The first-order valence-corrected chi connectivity index (χ1v) is 7.51. The predicted octanol–water partition coefficient (Wildman–Crippen LogP) is 2.68. The molecule has 114 valence electrons. The minimum atomic E-state index is -0.328. The summed E-state index contributed by atoms with van der Waals surface area (Å²) in [6, 6.07) is 9.62. The standard InChI is InChI=1S/C15H20BrN3O2/c1-20-9-8-19-14(12(16)10-18-19)13(17)15(21-2)11-6-4-3-5-7-11/h3-7,10,13,15H,8-9,17H2,1-2H3. The summed E-state index contributed by atoms with van der Waals surface area (Å²) >= 11 is 3.52. The van der Waals surface area contributed by atoms with Gasteiger partial charge >= 0.3 is 0 Å². The Morgan fingerprint density at radius 3 is 2.62 bits per heavy atom. The number of hydrogen-bond acceptors (Lipinski definition) is 4. The maximum atomic E-state index is 6.44. The summed E-state index contributed by atoms with van der Waals surface area (Å²) < 4.78 is 13.5. The molecule has 1 heterocycles. The average Bonchev–Trinajstić information content (AvgIpc) is 2.87. The lowest BCUT2D eigenvalue weighted by atomic mass is 10.0. The number of hydrogen-bond donors (Lipinski definition) is 1. The number of benzene rings is 1. The van der Waals surface area contributed by atoms with Gasteiger partial charge in [0.2, 0.25) is 0 Å². The second kappa shape index (κ2) is 7.70. The quantitative estimate of drug-likeness (QED) is 0.831. The molecule has 2 aromatic rings. The maximum Gasteiger partial charge on any atom is 0.103 e. The normalized spacial score (nSPS) is 14.1. The van der Waals surface area contributed by atoms with Crippen molar-refractivity contribution in [3.8, 4) is 0 Å². The van der Waals surface area contributed by atoms with Crippen LogP contribution in [0.25, 0.3) is 0 Å². The van der Waals surface area contributed by atoms with Gasteiger partial charge in [-0.25, -0.2) is 0 Å². The van der Waals surface area contributed by atoms with Crippen molar-refractivity contribution in [1.29, 1.82) is 0 Å². The van der Waals surface area contributed by atoms with Crippen LogP contribution in [-0.2, 0) is 16.0 Å². The third-order valence-electron chi connectivity index (χ3n) is 3.36. The number of nitrogens with zero attached hydrogens (tertiary/aromatic N) is 2. The zero-order chi connectivity index (χ0) is 15.2. The van der Waals surface area contributed by atoms with Crippen LogP contribution in [0.2, 0.25) is 0 Å². The zero-order valence-corrected chi connectivity index (χ0v) is 13.8. The number of ether oxygens (including phenoxy) is 2. The molecule has 0 aliphatic heterocycles. The number of halogens is 1. The molecular formula is C15H20BrN3O2. The van der Waals surface area contributed by atoms with E-state index in [2.05, 4.69) is 21.0 Å². The van der Waals surface area contributed by atoms with E-state index >= 15 is 0 Å². The third-order valence-corrected chi connectivity index (χ3v) is 3.98. The lowest BCUT2D eigenvalue weighted by Gasteiger charge is -2.24. The van der Waals surface area contributed by atoms with Gasteiger partial charge in [-0.1, -0.05) is 30.3 Å². The Kier molecular flexibility index (Phi) is 5.93. The Morgan fingerprint density at radius 2 is 2.00 bits per heavy atom. The van der Waals surface area contributed by atoms with E-state index in [4.69, 9.17) is 15.2 Å². The molecule has 0 radical (unpaired) electrons. The molecule has 1 aromatic carbocycles. The molecule has 6 heteroatoms. The van der Waals surface area contributed by atoms with Crippen molar-refractivity contribution in [1.82, 2.24) is 9.78 Å². The molecule has 0 bridgehead atoms. The fraction of sp³-hybridized carbons (Fsp3) is 0.400. The molecule has 0 amide bonds. The van der Waals surface area contributed by atoms with Gasteiger partial charge in [-0.3, -0.25) is 4.68 Å². The average molecular weight is 354 g/mol. The van der Waals surface area contributed by atoms with Gasteiger partial charge in [0.05, 0.1) is 35.6 Å². The summed E-state index contributed by atoms with van der Waals surface area (Å²) in [6.07, 6.45) is 1.52. The first kappa shape index (κ1) is 16.2. The SMILES string of the molecule is COCCn1ncc(Br)c1C(N)C(OC)c1ccccc1. The first-order chi connectivity index (χ1) is 10.2. The van der Waals surface area contributed by atoms with Crippen LogP contribution in [0.15, 0.2) is 41.0 Å². The van der Waals surface area contributed by atoms with Crippen LogP contribution < -0.4 is 5.73 Å². The Morgan fingerprint density at radius 1 is 1.29 bits per heavy atom. The van der Waals surface area contributed by atoms with Crippen LogP contribution >= 0.6 is 15.9 Å². The second-order valence-corrected chi connectivity index (χ2v) is 5.54. The van der Waals surface area contributed by atoms with Gasteiger partial charge in [-0.05, 0) is 21.5 Å². The van der Waals surface area contributed by atoms with Crippen molar-refractivity contribution in [3.05, 3.63) is 52.3 Å². The highest BCUT2D eigenvalue weighted by Gasteiger charge is 2.26. The minimum absolute atomic E-state index is 0.236. The highest BCUT2D eigenvalue weighted by atomic mass is 79.9. The molecule has 0 aliphatic carbocycles. The van der Waals surface area contributed by atoms with Crippen LogP contribution in [0.3, 0.4) is 0 Å². The Labute approximate surface area is 133 Å². The third kappa shape index (κ3) is 3.71. The van der Waals surface area contributed by atoms with Gasteiger partial charge in [0, 0.05) is 14.2 Å². The molecular weight excluding hydrogens is 334 g/mol. The van der Waals surface area contributed by atoms with E-state index in [0.29, 0.717) is 13.2 Å². The van der Waals surface area contributed by atoms with Crippen LogP contribution in [-0.4, -0.2) is 30.6 Å². The monoisotopic (exact) mass is 353 g/mol. The van der Waals surface area contributed by atoms with Gasteiger partial charge in [-0.2, -0.15) is 5.10 Å². The highest BCUT2D eigenvalue weighted by molar-refractivity contribution is 9.10. The molecule has 2 unspecified atom stereocenters. The molecule has 21 heavy (non-hydrogen) atoms. The predicted molar refractivity (Wildman–Crippen MR) is 84.9 cm³/mol. The van der Waals surface area contributed by atoms with Crippen LogP contribution in [0, 0.1) is 0 Å². The molecule has 5 nitrogen and oxygen atoms in total. The van der Waals surface area contributed by atoms with Crippen LogP contribution in [0.4, 0.5) is 0 Å². The van der Waals surface area contributed by atoms with Gasteiger partial charge in [0.15, 0.2) is 0 Å². The van der Waals surface area contributed by atoms with Gasteiger partial charge in [0.1, 0.15) is 6.10 Å². The van der Waals surface area contributed by atoms with Crippen molar-refractivity contribution >= 4 is 15.9 Å². The van der Waals surface area contributed by atoms with Gasteiger partial charge in [0.25, 0.3) is 0 Å². The lowest BCUT2D eigenvalue weighted by molar-refractivity contribution is 0.0765. The Hall–Kier alpha value is -1.21. The molecule has 0 saturated carbocycles. The molecule has 2 atom stereocenters. The molecule has 2 N–H and O–H groups in total. The molecule has 0 fully saturated rings. The van der Waals surface area contributed by atoms with E-state index in [1.54, 1.807) is 20.4 Å². The van der Waals surface area contributed by atoms with E-state index in [1.807, 2.05) is 35.0 Å². The number of aromatic nitrogens is 2. The number of nitrogens with two attached hydrogens (primary N) is 1. The summed E-state index contributed by atoms with van der Waals surface area (Å²) in [5.41, 5.74) is 8.39. The smallest absolute Gasteiger partial charge is 0.103 e. The summed E-state index contributed by atoms with van der Waals surface area (Å²) in [4.78, 5) is 0. The van der Waals surface area contributed by atoms with Crippen LogP contribution in [0.1, 0.15) is 23.4 Å². The van der Waals surface area contributed by atoms with E-state index in [9.17, 15) is 0 Å². The maximum absolute atomic E-state index is 6.44. The fourth-order valence-corrected chi connectivity index (χ4v) is 2.90. The Bertz CT molecular complexity index is 559. The van der Waals surface area contributed by atoms with E-state index < -0.39 is 0 Å². The van der Waals surface area contributed by atoms with Crippen molar-refractivity contribution in [2.45, 2.75) is 18.7 Å². The van der Waals surface area contributed by atoms with Crippen molar-refractivity contribution in [2.75, 3.05) is 20.8 Å². The second-order valence-electron chi connectivity index (χ2n) is 4.69. The molecule has 0 spiro atoms. The largest absolute Gasteiger partial charge is 0.383 e. The summed E-state index contributed by atoms with van der Waals surface area (Å²) in [5.74, 6) is 0. The summed E-state index contributed by atoms with van der Waals surface area (Å²) in [5, 5.41) is 4.34. The van der Waals surface area contributed by atoms with Crippen molar-refractivity contribution in [3.63, 3.8) is 0 Å². The number of rotatable bonds is 7. The minimum Gasteiger partial charge on any atom is -0.383 e. The van der Waals surface area contributed by atoms with E-state index in [-0.39, 0.29) is 12.1 Å². The first-order valence-electron chi connectivity index (χ1n) is 6.72. The Balaban J connectivity index is 2.29. The molecule has 0 saturated heterocycles. The van der Waals surface area contributed by atoms with Crippen LogP contribution in [0.5, 0.6) is 0 Å². The number of methoxy groups -OCH3 is 2. The zero-order valence-electron chi connectivity index (χ0n) is 12.2. The molecule has 0 aliphatic rings. The lowest BCUT2D eigenvalue weighted by Crippen LogP contribution is -2.25. The molecule has 1 aromatic heterocycles. The molecule has 2 rings (SSSR count). The topological polar surface area (TPSA) is 62.3 Å². The highest BCUT2D eigenvalue weighted by Crippen LogP contribution is 2.33. The van der Waals surface area contributed by atoms with Gasteiger partial charge in [-0.15, -0.1) is 0 Å². The fourth-order valence-electron chi connectivity index (χ4n) is 2.34. The van der Waals surface area contributed by atoms with Crippen molar-refractivity contribution in [2.24, 2.45) is 5.73 Å². The van der Waals surface area contributed by atoms with E-state index in [0.717, 1.165) is 15.7 Å².